The number of fused-ring (bicyclic) bond motifs is 1. The first kappa shape index (κ1) is 12.9. The van der Waals surface area contributed by atoms with Crippen LogP contribution >= 0.6 is 0 Å². The minimum atomic E-state index is 0.236. The molecule has 1 atom stereocenters. The van der Waals surface area contributed by atoms with Crippen LogP contribution in [0.4, 0.5) is 5.69 Å². The molecular weight excluding hydrogens is 246 g/mol. The molecule has 0 saturated carbocycles. The molecule has 0 aliphatic carbocycles. The number of aryl methyl sites for hydroxylation is 2. The number of benzene rings is 2. The van der Waals surface area contributed by atoms with E-state index in [1.54, 1.807) is 0 Å². The fourth-order valence-electron chi connectivity index (χ4n) is 3.02. The zero-order valence-electron chi connectivity index (χ0n) is 11.9. The van der Waals surface area contributed by atoms with Gasteiger partial charge in [0.05, 0.1) is 0 Å². The van der Waals surface area contributed by atoms with Gasteiger partial charge in [-0.05, 0) is 37.6 Å². The summed E-state index contributed by atoms with van der Waals surface area (Å²) < 4.78 is 0. The number of carbonyl (C=O) groups is 1. The fourth-order valence-corrected chi connectivity index (χ4v) is 3.02. The van der Waals surface area contributed by atoms with Gasteiger partial charge in [0.2, 0.25) is 0 Å². The Balaban J connectivity index is 1.80. The van der Waals surface area contributed by atoms with Crippen molar-refractivity contribution in [1.82, 2.24) is 0 Å². The lowest BCUT2D eigenvalue weighted by molar-refractivity contribution is 0.0975. The molecule has 0 spiro atoms. The molecule has 1 heterocycles. The Bertz CT molecular complexity index is 640. The predicted molar refractivity (Wildman–Crippen MR) is 82.5 cm³/mol. The highest BCUT2D eigenvalue weighted by molar-refractivity contribution is 5.97. The lowest BCUT2D eigenvalue weighted by Gasteiger charge is -2.10. The molecule has 1 aliphatic heterocycles. The number of rotatable bonds is 3. The minimum absolute atomic E-state index is 0.236. The van der Waals surface area contributed by atoms with Crippen LogP contribution in [-0.2, 0) is 0 Å². The molecule has 3 rings (SSSR count). The van der Waals surface area contributed by atoms with Gasteiger partial charge in [0.1, 0.15) is 0 Å². The third kappa shape index (κ3) is 2.46. The Labute approximate surface area is 119 Å². The van der Waals surface area contributed by atoms with Crippen LogP contribution in [0.3, 0.4) is 0 Å². The van der Waals surface area contributed by atoms with E-state index in [2.05, 4.69) is 23.5 Å². The van der Waals surface area contributed by atoms with Crippen molar-refractivity contribution in [3.8, 4) is 0 Å². The van der Waals surface area contributed by atoms with E-state index < -0.39 is 0 Å². The van der Waals surface area contributed by atoms with Crippen LogP contribution in [-0.4, -0.2) is 12.3 Å². The second-order valence-electron chi connectivity index (χ2n) is 5.67. The number of Topliss-reactive ketones (excluding diaryl/α,β-unsaturated/α-hetero) is 1. The molecule has 0 radical (unpaired) electrons. The molecule has 2 aromatic rings. The maximum atomic E-state index is 12.5. The molecular formula is C18H19NO. The van der Waals surface area contributed by atoms with Gasteiger partial charge >= 0.3 is 0 Å². The Hall–Kier alpha value is -2.09. The second-order valence-corrected chi connectivity index (χ2v) is 5.67. The smallest absolute Gasteiger partial charge is 0.163 e. The Morgan fingerprint density at radius 2 is 1.85 bits per heavy atom. The Kier molecular flexibility index (Phi) is 3.31. The van der Waals surface area contributed by atoms with Crippen LogP contribution in [0.15, 0.2) is 42.5 Å². The van der Waals surface area contributed by atoms with Crippen LogP contribution in [0.25, 0.3) is 0 Å². The Morgan fingerprint density at radius 1 is 1.15 bits per heavy atom. The van der Waals surface area contributed by atoms with Crippen molar-refractivity contribution in [2.45, 2.75) is 26.2 Å². The molecule has 2 aromatic carbocycles. The quantitative estimate of drug-likeness (QED) is 0.847. The van der Waals surface area contributed by atoms with Crippen LogP contribution in [0.2, 0.25) is 0 Å². The molecule has 1 aliphatic rings. The second kappa shape index (κ2) is 5.12. The number of nitrogens with one attached hydrogen (secondary N) is 1. The van der Waals surface area contributed by atoms with E-state index in [9.17, 15) is 4.79 Å². The highest BCUT2D eigenvalue weighted by Gasteiger charge is 2.24. The summed E-state index contributed by atoms with van der Waals surface area (Å²) in [6, 6.07) is 14.3. The van der Waals surface area contributed by atoms with E-state index in [-0.39, 0.29) is 5.78 Å². The van der Waals surface area contributed by atoms with Gasteiger partial charge in [-0.3, -0.25) is 4.79 Å². The third-order valence-electron chi connectivity index (χ3n) is 3.91. The van der Waals surface area contributed by atoms with Crippen LogP contribution in [0.5, 0.6) is 0 Å². The monoisotopic (exact) mass is 265 g/mol. The summed E-state index contributed by atoms with van der Waals surface area (Å²) in [4.78, 5) is 12.5. The lowest BCUT2D eigenvalue weighted by atomic mass is 9.92. The van der Waals surface area contributed by atoms with Crippen molar-refractivity contribution in [1.29, 1.82) is 0 Å². The van der Waals surface area contributed by atoms with Crippen molar-refractivity contribution >= 4 is 11.5 Å². The molecule has 0 aromatic heterocycles. The van der Waals surface area contributed by atoms with Gasteiger partial charge in [-0.1, -0.05) is 35.4 Å². The minimum Gasteiger partial charge on any atom is -0.384 e. The molecule has 20 heavy (non-hydrogen) atoms. The van der Waals surface area contributed by atoms with Crippen molar-refractivity contribution in [2.24, 2.45) is 0 Å². The van der Waals surface area contributed by atoms with Crippen molar-refractivity contribution < 1.29 is 4.79 Å². The number of carbonyl (C=O) groups excluding carboxylic acids is 1. The fraction of sp³-hybridized carbons (Fsp3) is 0.278. The molecule has 2 heteroatoms. The molecule has 2 nitrogen and oxygen atoms in total. The van der Waals surface area contributed by atoms with Gasteiger partial charge in [-0.15, -0.1) is 0 Å². The van der Waals surface area contributed by atoms with E-state index in [1.165, 1.54) is 11.3 Å². The van der Waals surface area contributed by atoms with Gasteiger partial charge in [0.25, 0.3) is 0 Å². The number of ketones is 1. The number of hydrogen-bond acceptors (Lipinski definition) is 2. The van der Waals surface area contributed by atoms with Crippen molar-refractivity contribution in [3.05, 3.63) is 64.7 Å². The average molecular weight is 265 g/mol. The van der Waals surface area contributed by atoms with Crippen molar-refractivity contribution in [3.63, 3.8) is 0 Å². The highest BCUT2D eigenvalue weighted by Crippen LogP contribution is 2.34. The van der Waals surface area contributed by atoms with E-state index in [0.717, 1.165) is 23.2 Å². The van der Waals surface area contributed by atoms with Gasteiger partial charge < -0.3 is 5.32 Å². The van der Waals surface area contributed by atoms with E-state index in [1.807, 2.05) is 38.1 Å². The van der Waals surface area contributed by atoms with Crippen LogP contribution in [0.1, 0.15) is 39.4 Å². The largest absolute Gasteiger partial charge is 0.384 e. The van der Waals surface area contributed by atoms with E-state index >= 15 is 0 Å². The first-order valence-electron chi connectivity index (χ1n) is 7.08. The van der Waals surface area contributed by atoms with E-state index in [0.29, 0.717) is 12.3 Å². The standard InChI is InChI=1S/C18H19NO/c1-12-7-13(2)9-14(8-12)18(20)10-15-11-19-17-6-4-3-5-16(15)17/h3-9,15,19H,10-11H2,1-2H3. The van der Waals surface area contributed by atoms with Gasteiger partial charge in [-0.25, -0.2) is 0 Å². The zero-order valence-corrected chi connectivity index (χ0v) is 11.9. The molecule has 102 valence electrons. The summed E-state index contributed by atoms with van der Waals surface area (Å²) >= 11 is 0. The predicted octanol–water partition coefficient (Wildman–Crippen LogP) is 4.09. The molecule has 0 fully saturated rings. The first-order valence-corrected chi connectivity index (χ1v) is 7.08. The molecule has 1 N–H and O–H groups in total. The highest BCUT2D eigenvalue weighted by atomic mass is 16.1. The summed E-state index contributed by atoms with van der Waals surface area (Å²) in [5, 5.41) is 3.38. The normalized spacial score (nSPS) is 16.6. The first-order chi connectivity index (χ1) is 9.63. The molecule has 1 unspecified atom stereocenters. The maximum absolute atomic E-state index is 12.5. The van der Waals surface area contributed by atoms with Gasteiger partial charge in [0.15, 0.2) is 5.78 Å². The molecule has 0 saturated heterocycles. The molecule has 0 amide bonds. The SMILES string of the molecule is Cc1cc(C)cc(C(=O)CC2CNc3ccccc32)c1. The summed E-state index contributed by atoms with van der Waals surface area (Å²) in [5.41, 5.74) is 5.58. The van der Waals surface area contributed by atoms with Crippen LogP contribution < -0.4 is 5.32 Å². The summed E-state index contributed by atoms with van der Waals surface area (Å²) in [7, 11) is 0. The average Bonchev–Trinajstić information content (AvgIpc) is 2.81. The third-order valence-corrected chi connectivity index (χ3v) is 3.91. The number of anilines is 1. The summed E-state index contributed by atoms with van der Waals surface area (Å²) in [6.45, 7) is 4.93. The maximum Gasteiger partial charge on any atom is 0.163 e. The van der Waals surface area contributed by atoms with Gasteiger partial charge in [0, 0.05) is 30.1 Å². The summed E-state index contributed by atoms with van der Waals surface area (Å²) in [6.07, 6.45) is 0.576. The van der Waals surface area contributed by atoms with E-state index in [4.69, 9.17) is 0 Å². The lowest BCUT2D eigenvalue weighted by Crippen LogP contribution is -2.10. The van der Waals surface area contributed by atoms with Gasteiger partial charge in [-0.2, -0.15) is 0 Å². The topological polar surface area (TPSA) is 29.1 Å². The number of para-hydroxylation sites is 1. The zero-order chi connectivity index (χ0) is 14.1. The summed E-state index contributed by atoms with van der Waals surface area (Å²) in [5.74, 6) is 0.528. The Morgan fingerprint density at radius 3 is 2.60 bits per heavy atom. The molecule has 0 bridgehead atoms. The van der Waals surface area contributed by atoms with Crippen LogP contribution in [0, 0.1) is 13.8 Å². The van der Waals surface area contributed by atoms with Crippen molar-refractivity contribution in [2.75, 3.05) is 11.9 Å². The number of hydrogen-bond donors (Lipinski definition) is 1.